The molecule has 7 nitrogen and oxygen atoms in total. The quantitative estimate of drug-likeness (QED) is 0.626. The van der Waals surface area contributed by atoms with E-state index in [1.165, 1.54) is 0 Å². The van der Waals surface area contributed by atoms with Gasteiger partial charge in [-0.25, -0.2) is 4.79 Å². The molecule has 0 aliphatic carbocycles. The van der Waals surface area contributed by atoms with Gasteiger partial charge in [0.25, 0.3) is 5.91 Å². The maximum Gasteiger partial charge on any atom is 0.352 e. The molecule has 27 heavy (non-hydrogen) atoms. The van der Waals surface area contributed by atoms with Gasteiger partial charge in [-0.1, -0.05) is 41.7 Å². The van der Waals surface area contributed by atoms with Gasteiger partial charge in [0.05, 0.1) is 11.4 Å². The van der Waals surface area contributed by atoms with Crippen molar-refractivity contribution in [1.82, 2.24) is 9.59 Å². The average Bonchev–Trinajstić information content (AvgIpc) is 3.17. The predicted octanol–water partition coefficient (Wildman–Crippen LogP) is 3.69. The number of amides is 1. The highest BCUT2D eigenvalue weighted by Crippen LogP contribution is 2.29. The van der Waals surface area contributed by atoms with Gasteiger partial charge in [0, 0.05) is 0 Å². The van der Waals surface area contributed by atoms with E-state index < -0.39 is 18.5 Å². The molecule has 0 radical (unpaired) electrons. The number of rotatable bonds is 7. The summed E-state index contributed by atoms with van der Waals surface area (Å²) in [6.07, 6.45) is 0.567. The molecule has 0 spiro atoms. The first-order valence-electron chi connectivity index (χ1n) is 8.27. The van der Waals surface area contributed by atoms with Gasteiger partial charge in [-0.2, -0.15) is 0 Å². The molecule has 0 saturated carbocycles. The second-order valence-electron chi connectivity index (χ2n) is 5.44. The Morgan fingerprint density at radius 3 is 2.59 bits per heavy atom. The van der Waals surface area contributed by atoms with Crippen LogP contribution in [-0.4, -0.2) is 28.1 Å². The first-order chi connectivity index (χ1) is 13.2. The van der Waals surface area contributed by atoms with Gasteiger partial charge in [-0.05, 0) is 42.2 Å². The van der Waals surface area contributed by atoms with E-state index in [1.54, 1.807) is 24.3 Å². The Hall–Kier alpha value is -3.26. The van der Waals surface area contributed by atoms with E-state index in [0.29, 0.717) is 34.2 Å². The van der Waals surface area contributed by atoms with E-state index in [0.717, 1.165) is 11.5 Å². The second-order valence-corrected chi connectivity index (χ2v) is 6.19. The van der Waals surface area contributed by atoms with Crippen molar-refractivity contribution in [3.63, 3.8) is 0 Å². The lowest BCUT2D eigenvalue weighted by molar-refractivity contribution is -0.119. The van der Waals surface area contributed by atoms with Crippen LogP contribution in [0.4, 0.5) is 5.69 Å². The topological polar surface area (TPSA) is 90.4 Å². The molecule has 0 aliphatic heterocycles. The molecule has 1 heterocycles. The highest BCUT2D eigenvalue weighted by atomic mass is 32.1. The summed E-state index contributed by atoms with van der Waals surface area (Å²) in [5, 5.41) is 6.54. The zero-order chi connectivity index (χ0) is 19.1. The number of hydrogen-bond donors (Lipinski definition) is 1. The van der Waals surface area contributed by atoms with E-state index in [2.05, 4.69) is 14.9 Å². The molecule has 1 amide bonds. The molecule has 0 saturated heterocycles. The van der Waals surface area contributed by atoms with Gasteiger partial charge >= 0.3 is 5.97 Å². The summed E-state index contributed by atoms with van der Waals surface area (Å²) in [6, 6.07) is 16.3. The van der Waals surface area contributed by atoms with Crippen LogP contribution in [0.2, 0.25) is 0 Å². The number of nitrogens with one attached hydrogen (secondary N) is 1. The highest BCUT2D eigenvalue weighted by Gasteiger charge is 2.18. The summed E-state index contributed by atoms with van der Waals surface area (Å²) < 4.78 is 14.6. The number of carbonyl (C=O) groups is 2. The summed E-state index contributed by atoms with van der Waals surface area (Å²) in [5.41, 5.74) is 1.04. The number of aromatic nitrogens is 2. The lowest BCUT2D eigenvalue weighted by Gasteiger charge is -2.12. The van der Waals surface area contributed by atoms with Gasteiger partial charge in [0.1, 0.15) is 5.75 Å². The smallest absolute Gasteiger partial charge is 0.352 e. The van der Waals surface area contributed by atoms with Crippen LogP contribution in [0, 0.1) is 0 Å². The van der Waals surface area contributed by atoms with Crippen LogP contribution >= 0.6 is 11.5 Å². The minimum absolute atomic E-state index is 0.318. The molecule has 2 aromatic carbocycles. The molecule has 3 aromatic rings. The van der Waals surface area contributed by atoms with Crippen molar-refractivity contribution >= 4 is 29.1 Å². The van der Waals surface area contributed by atoms with Crippen molar-refractivity contribution in [1.29, 1.82) is 0 Å². The number of nitrogens with zero attached hydrogens (tertiary/aromatic N) is 2. The van der Waals surface area contributed by atoms with E-state index in [1.807, 2.05) is 37.3 Å². The van der Waals surface area contributed by atoms with Gasteiger partial charge < -0.3 is 14.8 Å². The van der Waals surface area contributed by atoms with Crippen molar-refractivity contribution in [3.8, 4) is 11.5 Å². The Labute approximate surface area is 160 Å². The second kappa shape index (κ2) is 8.91. The summed E-state index contributed by atoms with van der Waals surface area (Å²) in [6.45, 7) is 1.45. The maximum absolute atomic E-state index is 12.2. The van der Waals surface area contributed by atoms with E-state index in [4.69, 9.17) is 9.47 Å². The number of aryl methyl sites for hydroxylation is 1. The van der Waals surface area contributed by atoms with Gasteiger partial charge in [0.2, 0.25) is 0 Å². The first-order valence-corrected chi connectivity index (χ1v) is 9.05. The Balaban J connectivity index is 1.60. The number of ether oxygens (including phenoxy) is 2. The number of benzene rings is 2. The monoisotopic (exact) mass is 383 g/mol. The summed E-state index contributed by atoms with van der Waals surface area (Å²) >= 11 is 0.954. The summed E-state index contributed by atoms with van der Waals surface area (Å²) in [5.74, 6) is 0.0625. The molecule has 0 bridgehead atoms. The van der Waals surface area contributed by atoms with Crippen molar-refractivity contribution < 1.29 is 19.1 Å². The molecule has 8 heteroatoms. The van der Waals surface area contributed by atoms with Crippen LogP contribution in [0.1, 0.15) is 22.3 Å². The minimum atomic E-state index is -0.606. The SMILES string of the molecule is CCc1nnsc1C(=O)OCC(=O)Nc1ccccc1Oc1ccccc1. The number of hydrogen-bond acceptors (Lipinski definition) is 7. The van der Waals surface area contributed by atoms with Crippen LogP contribution < -0.4 is 10.1 Å². The zero-order valence-corrected chi connectivity index (χ0v) is 15.4. The van der Waals surface area contributed by atoms with Crippen LogP contribution in [0.25, 0.3) is 0 Å². The fourth-order valence-electron chi connectivity index (χ4n) is 2.25. The third-order valence-corrected chi connectivity index (χ3v) is 4.29. The van der Waals surface area contributed by atoms with E-state index in [-0.39, 0.29) is 0 Å². The Morgan fingerprint density at radius 2 is 1.81 bits per heavy atom. The predicted molar refractivity (Wildman–Crippen MR) is 101 cm³/mol. The van der Waals surface area contributed by atoms with Crippen LogP contribution in [0.15, 0.2) is 54.6 Å². The molecule has 1 aromatic heterocycles. The molecule has 0 fully saturated rings. The largest absolute Gasteiger partial charge is 0.455 e. The van der Waals surface area contributed by atoms with E-state index in [9.17, 15) is 9.59 Å². The lowest BCUT2D eigenvalue weighted by atomic mass is 10.3. The Morgan fingerprint density at radius 1 is 1.07 bits per heavy atom. The lowest BCUT2D eigenvalue weighted by Crippen LogP contribution is -2.21. The molecular weight excluding hydrogens is 366 g/mol. The fourth-order valence-corrected chi connectivity index (χ4v) is 2.90. The van der Waals surface area contributed by atoms with Crippen molar-refractivity contribution in [3.05, 3.63) is 65.2 Å². The molecule has 1 N–H and O–H groups in total. The van der Waals surface area contributed by atoms with E-state index >= 15 is 0 Å². The summed E-state index contributed by atoms with van der Waals surface area (Å²) in [7, 11) is 0. The third kappa shape index (κ3) is 4.89. The number of para-hydroxylation sites is 3. The summed E-state index contributed by atoms with van der Waals surface area (Å²) in [4.78, 5) is 24.5. The van der Waals surface area contributed by atoms with Crippen LogP contribution in [-0.2, 0) is 16.0 Å². The van der Waals surface area contributed by atoms with Crippen LogP contribution in [0.5, 0.6) is 11.5 Å². The van der Waals surface area contributed by atoms with Crippen molar-refractivity contribution in [2.75, 3.05) is 11.9 Å². The standard InChI is InChI=1S/C19H17N3O4S/c1-2-14-18(27-22-21-14)19(24)25-12-17(23)20-15-10-6-7-11-16(15)26-13-8-4-3-5-9-13/h3-11H,2,12H2,1H3,(H,20,23). The molecule has 0 aliphatic rings. The fraction of sp³-hybridized carbons (Fsp3) is 0.158. The normalized spacial score (nSPS) is 10.3. The molecular formula is C19H17N3O4S. The van der Waals surface area contributed by atoms with Crippen molar-refractivity contribution in [2.24, 2.45) is 0 Å². The number of esters is 1. The molecule has 0 atom stereocenters. The Bertz CT molecular complexity index is 927. The van der Waals surface area contributed by atoms with Crippen LogP contribution in [0.3, 0.4) is 0 Å². The van der Waals surface area contributed by atoms with Crippen molar-refractivity contribution in [2.45, 2.75) is 13.3 Å². The first kappa shape index (κ1) is 18.5. The molecule has 0 unspecified atom stereocenters. The average molecular weight is 383 g/mol. The highest BCUT2D eigenvalue weighted by molar-refractivity contribution is 7.07. The van der Waals surface area contributed by atoms with Gasteiger partial charge in [0.15, 0.2) is 17.2 Å². The number of anilines is 1. The minimum Gasteiger partial charge on any atom is -0.455 e. The Kier molecular flexibility index (Phi) is 6.11. The zero-order valence-electron chi connectivity index (χ0n) is 14.5. The molecule has 3 rings (SSSR count). The maximum atomic E-state index is 12.2. The third-order valence-electron chi connectivity index (χ3n) is 3.54. The number of carbonyl (C=O) groups excluding carboxylic acids is 2. The van der Waals surface area contributed by atoms with Gasteiger partial charge in [-0.3, -0.25) is 4.79 Å². The molecule has 138 valence electrons. The van der Waals surface area contributed by atoms with Gasteiger partial charge in [-0.15, -0.1) is 5.10 Å².